The summed E-state index contributed by atoms with van der Waals surface area (Å²) in [6.45, 7) is 0. The summed E-state index contributed by atoms with van der Waals surface area (Å²) in [6, 6.07) is 0. The maximum absolute atomic E-state index is 10.8. The summed E-state index contributed by atoms with van der Waals surface area (Å²) in [5.41, 5.74) is 2.69. The molecular weight excluding hydrogens is 200 g/mol. The fraction of sp³-hybridized carbons (Fsp3) is 0.364. The molecule has 0 aliphatic heterocycles. The zero-order chi connectivity index (χ0) is 10.1. The molecule has 0 atom stereocenters. The van der Waals surface area contributed by atoms with Crippen molar-refractivity contribution in [2.75, 3.05) is 0 Å². The Kier molecular flexibility index (Phi) is 2.46. The monoisotopic (exact) mass is 210 g/mol. The van der Waals surface area contributed by atoms with Gasteiger partial charge in [0, 0.05) is 6.42 Å². The lowest BCUT2D eigenvalue weighted by atomic mass is 9.85. The lowest BCUT2D eigenvalue weighted by Gasteiger charge is -2.21. The Morgan fingerprint density at radius 1 is 1.43 bits per heavy atom. The van der Waals surface area contributed by atoms with E-state index in [1.54, 1.807) is 6.08 Å². The van der Waals surface area contributed by atoms with E-state index < -0.39 is 5.97 Å². The molecule has 0 aromatic rings. The Balaban J connectivity index is 2.39. The predicted molar refractivity (Wildman–Crippen MR) is 55.1 cm³/mol. The Bertz CT molecular complexity index is 375. The largest absolute Gasteiger partial charge is 0.478 e. The van der Waals surface area contributed by atoms with Gasteiger partial charge in [0.25, 0.3) is 0 Å². The van der Waals surface area contributed by atoms with Crippen molar-refractivity contribution in [2.24, 2.45) is 0 Å². The number of carboxylic acids is 1. The van der Waals surface area contributed by atoms with Crippen molar-refractivity contribution in [1.29, 1.82) is 0 Å². The molecule has 0 fully saturated rings. The molecule has 14 heavy (non-hydrogen) atoms. The molecule has 0 saturated carbocycles. The van der Waals surface area contributed by atoms with Crippen LogP contribution in [0.15, 0.2) is 33.9 Å². The van der Waals surface area contributed by atoms with Gasteiger partial charge < -0.3 is 5.11 Å². The quantitative estimate of drug-likeness (QED) is 0.723. The van der Waals surface area contributed by atoms with E-state index in [0.29, 0.717) is 17.0 Å². The Morgan fingerprint density at radius 3 is 2.93 bits per heavy atom. The summed E-state index contributed by atoms with van der Waals surface area (Å²) in [7, 11) is 0. The van der Waals surface area contributed by atoms with E-state index in [2.05, 4.69) is 6.08 Å². The van der Waals surface area contributed by atoms with Crippen LogP contribution < -0.4 is 0 Å². The Morgan fingerprint density at radius 2 is 2.21 bits per heavy atom. The molecule has 2 nitrogen and oxygen atoms in total. The van der Waals surface area contributed by atoms with Crippen LogP contribution in [0.25, 0.3) is 0 Å². The zero-order valence-corrected chi connectivity index (χ0v) is 8.47. The minimum Gasteiger partial charge on any atom is -0.478 e. The molecule has 74 valence electrons. The second kappa shape index (κ2) is 3.62. The number of hydrogen-bond acceptors (Lipinski definition) is 1. The highest BCUT2D eigenvalue weighted by atomic mass is 35.5. The van der Waals surface area contributed by atoms with E-state index in [1.807, 2.05) is 0 Å². The first-order valence-electron chi connectivity index (χ1n) is 4.70. The third-order valence-corrected chi connectivity index (χ3v) is 3.01. The Labute approximate surface area is 87.6 Å². The van der Waals surface area contributed by atoms with Gasteiger partial charge in [0.05, 0.1) is 10.6 Å². The van der Waals surface area contributed by atoms with Crippen LogP contribution in [0.5, 0.6) is 0 Å². The van der Waals surface area contributed by atoms with Gasteiger partial charge in [-0.1, -0.05) is 17.7 Å². The number of rotatable bonds is 1. The maximum atomic E-state index is 10.8. The average Bonchev–Trinajstić information content (AvgIpc) is 2.16. The van der Waals surface area contributed by atoms with Crippen molar-refractivity contribution in [1.82, 2.24) is 0 Å². The van der Waals surface area contributed by atoms with E-state index >= 15 is 0 Å². The molecule has 2 aliphatic carbocycles. The highest BCUT2D eigenvalue weighted by Gasteiger charge is 2.22. The SMILES string of the molecule is O=C(O)C1=C(Cl)C=C2CCCC=C2C1. The molecular formula is C11H11ClO2. The average molecular weight is 211 g/mol. The second-order valence-corrected chi connectivity index (χ2v) is 4.01. The number of carboxylic acid groups (broad SMARTS) is 1. The summed E-state index contributed by atoms with van der Waals surface area (Å²) in [6.07, 6.45) is 7.63. The number of allylic oxidation sites excluding steroid dienone is 5. The van der Waals surface area contributed by atoms with Gasteiger partial charge in [-0.2, -0.15) is 0 Å². The van der Waals surface area contributed by atoms with E-state index in [1.165, 1.54) is 5.57 Å². The molecule has 0 radical (unpaired) electrons. The minimum atomic E-state index is -0.906. The molecule has 0 spiro atoms. The Hall–Kier alpha value is -1.02. The summed E-state index contributed by atoms with van der Waals surface area (Å²) in [5.74, 6) is -0.906. The van der Waals surface area contributed by atoms with Crippen LogP contribution in [-0.4, -0.2) is 11.1 Å². The lowest BCUT2D eigenvalue weighted by Crippen LogP contribution is -2.10. The van der Waals surface area contributed by atoms with Gasteiger partial charge in [0.1, 0.15) is 0 Å². The summed E-state index contributed by atoms with van der Waals surface area (Å²) in [4.78, 5) is 10.8. The fourth-order valence-electron chi connectivity index (χ4n) is 1.90. The first-order chi connectivity index (χ1) is 6.68. The summed E-state index contributed by atoms with van der Waals surface area (Å²) in [5, 5.41) is 9.30. The summed E-state index contributed by atoms with van der Waals surface area (Å²) < 4.78 is 0. The van der Waals surface area contributed by atoms with Gasteiger partial charge in [0.15, 0.2) is 0 Å². The minimum absolute atomic E-state index is 0.323. The molecule has 0 saturated heterocycles. The third kappa shape index (κ3) is 1.62. The standard InChI is InChI=1S/C11H11ClO2/c12-10-6-8-4-2-1-3-7(8)5-9(10)11(13)14/h3,6H,1-2,4-5H2,(H,13,14). The van der Waals surface area contributed by atoms with Crippen molar-refractivity contribution in [3.05, 3.63) is 33.9 Å². The molecule has 2 aliphatic rings. The molecule has 0 amide bonds. The molecule has 0 bridgehead atoms. The van der Waals surface area contributed by atoms with Crippen molar-refractivity contribution in [2.45, 2.75) is 25.7 Å². The lowest BCUT2D eigenvalue weighted by molar-refractivity contribution is -0.132. The van der Waals surface area contributed by atoms with E-state index in [-0.39, 0.29) is 0 Å². The van der Waals surface area contributed by atoms with Gasteiger partial charge >= 0.3 is 5.97 Å². The van der Waals surface area contributed by atoms with Gasteiger partial charge in [-0.25, -0.2) is 4.79 Å². The van der Waals surface area contributed by atoms with E-state index in [0.717, 1.165) is 24.8 Å². The highest BCUT2D eigenvalue weighted by molar-refractivity contribution is 6.33. The molecule has 1 N–H and O–H groups in total. The number of fused-ring (bicyclic) bond motifs is 1. The first-order valence-corrected chi connectivity index (χ1v) is 5.08. The van der Waals surface area contributed by atoms with E-state index in [4.69, 9.17) is 16.7 Å². The number of hydrogen-bond donors (Lipinski definition) is 1. The van der Waals surface area contributed by atoms with Crippen LogP contribution in [0.3, 0.4) is 0 Å². The van der Waals surface area contributed by atoms with Crippen molar-refractivity contribution >= 4 is 17.6 Å². The van der Waals surface area contributed by atoms with Gasteiger partial charge in [-0.3, -0.25) is 0 Å². The normalized spacial score (nSPS) is 21.2. The highest BCUT2D eigenvalue weighted by Crippen LogP contribution is 2.36. The van der Waals surface area contributed by atoms with Crippen LogP contribution in [0.4, 0.5) is 0 Å². The number of halogens is 1. The predicted octanol–water partition coefficient (Wildman–Crippen LogP) is 3.00. The maximum Gasteiger partial charge on any atom is 0.333 e. The van der Waals surface area contributed by atoms with Gasteiger partial charge in [0.2, 0.25) is 0 Å². The van der Waals surface area contributed by atoms with E-state index in [9.17, 15) is 4.79 Å². The third-order valence-electron chi connectivity index (χ3n) is 2.67. The fourth-order valence-corrected chi connectivity index (χ4v) is 2.18. The van der Waals surface area contributed by atoms with Gasteiger partial charge in [-0.05, 0) is 36.5 Å². The molecule has 0 unspecified atom stereocenters. The summed E-state index contributed by atoms with van der Waals surface area (Å²) >= 11 is 5.89. The molecule has 0 heterocycles. The number of aliphatic carboxylic acids is 1. The smallest absolute Gasteiger partial charge is 0.333 e. The molecule has 0 aromatic heterocycles. The second-order valence-electron chi connectivity index (χ2n) is 3.60. The first kappa shape index (κ1) is 9.53. The molecule has 2 rings (SSSR count). The van der Waals surface area contributed by atoms with Crippen molar-refractivity contribution in [3.63, 3.8) is 0 Å². The van der Waals surface area contributed by atoms with Crippen LogP contribution in [0.2, 0.25) is 0 Å². The van der Waals surface area contributed by atoms with Crippen LogP contribution in [-0.2, 0) is 4.79 Å². The number of carbonyl (C=O) groups is 1. The topological polar surface area (TPSA) is 37.3 Å². The molecule has 0 aromatic carbocycles. The van der Waals surface area contributed by atoms with Crippen molar-refractivity contribution in [3.8, 4) is 0 Å². The zero-order valence-electron chi connectivity index (χ0n) is 7.72. The van der Waals surface area contributed by atoms with Crippen LogP contribution >= 0.6 is 11.6 Å². The van der Waals surface area contributed by atoms with Crippen LogP contribution in [0, 0.1) is 0 Å². The van der Waals surface area contributed by atoms with Crippen LogP contribution in [0.1, 0.15) is 25.7 Å². The van der Waals surface area contributed by atoms with Crippen molar-refractivity contribution < 1.29 is 9.90 Å². The molecule has 3 heteroatoms. The van der Waals surface area contributed by atoms with Gasteiger partial charge in [-0.15, -0.1) is 0 Å².